The van der Waals surface area contributed by atoms with E-state index in [4.69, 9.17) is 9.97 Å². The van der Waals surface area contributed by atoms with Gasteiger partial charge in [0.2, 0.25) is 10.0 Å². The standard InChI is InChI=1S/C25H35N7O3S2/c1-17(2)15-27-22-21-16-28-32(23(21)30-25(29-22)36-18(3)4)14-11-26-24(33)19-7-9-20(10-8-19)37(34,35)31-12-5-6-13-31/h7-10,16-18H,5-6,11-15H2,1-4H3,(H,26,33)(H,27,29,30). The number of carbonyl (C=O) groups excluding carboxylic acids is 1. The van der Waals surface area contributed by atoms with E-state index in [9.17, 15) is 13.2 Å². The lowest BCUT2D eigenvalue weighted by Gasteiger charge is -2.15. The number of carbonyl (C=O) groups is 1. The van der Waals surface area contributed by atoms with Gasteiger partial charge in [-0.05, 0) is 43.0 Å². The van der Waals surface area contributed by atoms with Crippen LogP contribution in [0.15, 0.2) is 40.5 Å². The third-order valence-corrected chi connectivity index (χ3v) is 8.70. The van der Waals surface area contributed by atoms with Gasteiger partial charge >= 0.3 is 0 Å². The number of hydrogen-bond donors (Lipinski definition) is 2. The lowest BCUT2D eigenvalue weighted by molar-refractivity contribution is 0.0952. The van der Waals surface area contributed by atoms with E-state index in [0.29, 0.717) is 48.1 Å². The minimum atomic E-state index is -3.50. The highest BCUT2D eigenvalue weighted by Crippen LogP contribution is 2.27. The molecule has 1 saturated heterocycles. The fraction of sp³-hybridized carbons (Fsp3) is 0.520. The van der Waals surface area contributed by atoms with Crippen LogP contribution in [-0.2, 0) is 16.6 Å². The van der Waals surface area contributed by atoms with E-state index in [2.05, 4.69) is 43.4 Å². The Bertz CT molecular complexity index is 1330. The van der Waals surface area contributed by atoms with Crippen molar-refractivity contribution in [2.75, 3.05) is 31.5 Å². The van der Waals surface area contributed by atoms with Gasteiger partial charge in [-0.1, -0.05) is 39.5 Å². The van der Waals surface area contributed by atoms with E-state index in [1.165, 1.54) is 16.4 Å². The molecule has 37 heavy (non-hydrogen) atoms. The molecule has 0 aliphatic carbocycles. The summed E-state index contributed by atoms with van der Waals surface area (Å²) in [5, 5.41) is 12.7. The Hall–Kier alpha value is -2.70. The van der Waals surface area contributed by atoms with Crippen LogP contribution in [0.4, 0.5) is 5.82 Å². The van der Waals surface area contributed by atoms with Crippen LogP contribution in [0.3, 0.4) is 0 Å². The third-order valence-electron chi connectivity index (χ3n) is 5.92. The molecule has 200 valence electrons. The summed E-state index contributed by atoms with van der Waals surface area (Å²) >= 11 is 1.59. The number of hydrogen-bond acceptors (Lipinski definition) is 8. The molecule has 3 aromatic rings. The molecule has 2 aromatic heterocycles. The molecular formula is C25H35N7O3S2. The zero-order valence-corrected chi connectivity index (χ0v) is 23.4. The molecule has 1 aliphatic heterocycles. The Labute approximate surface area is 222 Å². The van der Waals surface area contributed by atoms with Crippen LogP contribution >= 0.6 is 11.8 Å². The Kier molecular flexibility index (Phi) is 8.71. The van der Waals surface area contributed by atoms with Crippen molar-refractivity contribution < 1.29 is 13.2 Å². The Balaban J connectivity index is 1.42. The molecule has 0 unspecified atom stereocenters. The zero-order chi connectivity index (χ0) is 26.6. The number of fused-ring (bicyclic) bond motifs is 1. The molecule has 0 saturated carbocycles. The van der Waals surface area contributed by atoms with Gasteiger partial charge in [-0.3, -0.25) is 4.79 Å². The first-order valence-corrected chi connectivity index (χ1v) is 15.0. The first-order chi connectivity index (χ1) is 17.6. The second kappa shape index (κ2) is 11.8. The van der Waals surface area contributed by atoms with Crippen molar-refractivity contribution in [3.05, 3.63) is 36.0 Å². The average molecular weight is 546 g/mol. The van der Waals surface area contributed by atoms with E-state index >= 15 is 0 Å². The molecule has 0 spiro atoms. The molecule has 0 radical (unpaired) electrons. The summed E-state index contributed by atoms with van der Waals surface area (Å²) < 4.78 is 28.7. The molecular weight excluding hydrogens is 510 g/mol. The molecule has 12 heteroatoms. The van der Waals surface area contributed by atoms with Gasteiger partial charge in [0.15, 0.2) is 10.8 Å². The monoisotopic (exact) mass is 545 g/mol. The van der Waals surface area contributed by atoms with Crippen molar-refractivity contribution in [3.8, 4) is 0 Å². The van der Waals surface area contributed by atoms with E-state index in [0.717, 1.165) is 36.2 Å². The maximum Gasteiger partial charge on any atom is 0.251 e. The van der Waals surface area contributed by atoms with Crippen molar-refractivity contribution in [1.82, 2.24) is 29.4 Å². The van der Waals surface area contributed by atoms with E-state index < -0.39 is 10.0 Å². The minimum Gasteiger partial charge on any atom is -0.369 e. The van der Waals surface area contributed by atoms with Gasteiger partial charge in [0.25, 0.3) is 5.91 Å². The van der Waals surface area contributed by atoms with Crippen LogP contribution in [0.5, 0.6) is 0 Å². The van der Waals surface area contributed by atoms with Crippen molar-refractivity contribution in [2.24, 2.45) is 5.92 Å². The van der Waals surface area contributed by atoms with E-state index in [-0.39, 0.29) is 10.8 Å². The normalized spacial score (nSPS) is 14.6. The number of aromatic nitrogens is 4. The summed E-state index contributed by atoms with van der Waals surface area (Å²) in [4.78, 5) is 22.3. The molecule has 2 N–H and O–H groups in total. The molecule has 0 atom stereocenters. The second-order valence-corrected chi connectivity index (χ2v) is 13.3. The zero-order valence-electron chi connectivity index (χ0n) is 21.8. The van der Waals surface area contributed by atoms with Gasteiger partial charge in [-0.2, -0.15) is 9.40 Å². The van der Waals surface area contributed by atoms with Crippen molar-refractivity contribution in [2.45, 2.75) is 62.4 Å². The molecule has 1 amide bonds. The first kappa shape index (κ1) is 27.3. The molecule has 1 fully saturated rings. The summed E-state index contributed by atoms with van der Waals surface area (Å²) in [6.45, 7) is 11.1. The first-order valence-electron chi connectivity index (χ1n) is 12.7. The SMILES string of the molecule is CC(C)CNc1nc(SC(C)C)nc2c1cnn2CCNC(=O)c1ccc(S(=O)(=O)N2CCCC2)cc1. The number of rotatable bonds is 11. The van der Waals surface area contributed by atoms with Gasteiger partial charge in [-0.25, -0.2) is 23.1 Å². The van der Waals surface area contributed by atoms with Gasteiger partial charge in [-0.15, -0.1) is 0 Å². The van der Waals surface area contributed by atoms with Crippen LogP contribution in [0.25, 0.3) is 11.0 Å². The van der Waals surface area contributed by atoms with Crippen LogP contribution < -0.4 is 10.6 Å². The largest absolute Gasteiger partial charge is 0.369 e. The van der Waals surface area contributed by atoms with E-state index in [1.54, 1.807) is 34.8 Å². The van der Waals surface area contributed by atoms with Crippen molar-refractivity contribution >= 4 is 44.5 Å². The van der Waals surface area contributed by atoms with E-state index in [1.807, 2.05) is 0 Å². The highest BCUT2D eigenvalue weighted by Gasteiger charge is 2.27. The number of benzene rings is 1. The maximum absolute atomic E-state index is 12.7. The van der Waals surface area contributed by atoms with Gasteiger partial charge in [0.05, 0.1) is 23.0 Å². The summed E-state index contributed by atoms with van der Waals surface area (Å²) in [6.07, 6.45) is 3.51. The van der Waals surface area contributed by atoms with Crippen LogP contribution in [-0.4, -0.2) is 69.8 Å². The third kappa shape index (κ3) is 6.60. The fourth-order valence-electron chi connectivity index (χ4n) is 4.03. The number of nitrogens with zero attached hydrogens (tertiary/aromatic N) is 5. The fourth-order valence-corrected chi connectivity index (χ4v) is 6.25. The summed E-state index contributed by atoms with van der Waals surface area (Å²) in [6, 6.07) is 6.11. The molecule has 1 aromatic carbocycles. The lowest BCUT2D eigenvalue weighted by atomic mass is 10.2. The quantitative estimate of drug-likeness (QED) is 0.277. The average Bonchev–Trinajstić information content (AvgIpc) is 3.53. The topological polar surface area (TPSA) is 122 Å². The van der Waals surface area contributed by atoms with Crippen LogP contribution in [0, 0.1) is 5.92 Å². The number of thioether (sulfide) groups is 1. The Morgan fingerprint density at radius 2 is 1.78 bits per heavy atom. The summed E-state index contributed by atoms with van der Waals surface area (Å²) in [5.41, 5.74) is 1.12. The molecule has 3 heterocycles. The molecule has 0 bridgehead atoms. The highest BCUT2D eigenvalue weighted by molar-refractivity contribution is 7.99. The summed E-state index contributed by atoms with van der Waals surface area (Å²) in [5.74, 6) is 0.957. The van der Waals surface area contributed by atoms with Crippen LogP contribution in [0.1, 0.15) is 50.9 Å². The predicted octanol–water partition coefficient (Wildman–Crippen LogP) is 3.61. The van der Waals surface area contributed by atoms with Gasteiger partial charge in [0.1, 0.15) is 5.82 Å². The number of nitrogens with one attached hydrogen (secondary N) is 2. The van der Waals surface area contributed by atoms with Gasteiger partial charge in [0, 0.05) is 37.0 Å². The van der Waals surface area contributed by atoms with Crippen molar-refractivity contribution in [1.29, 1.82) is 0 Å². The smallest absolute Gasteiger partial charge is 0.251 e. The lowest BCUT2D eigenvalue weighted by Crippen LogP contribution is -2.29. The maximum atomic E-state index is 12.7. The Morgan fingerprint density at radius 3 is 2.43 bits per heavy atom. The number of sulfonamides is 1. The second-order valence-electron chi connectivity index (χ2n) is 9.79. The molecule has 10 nitrogen and oxygen atoms in total. The van der Waals surface area contributed by atoms with Crippen LogP contribution in [0.2, 0.25) is 0 Å². The molecule has 4 rings (SSSR count). The van der Waals surface area contributed by atoms with Crippen molar-refractivity contribution in [3.63, 3.8) is 0 Å². The summed E-state index contributed by atoms with van der Waals surface area (Å²) in [7, 11) is -3.50. The highest BCUT2D eigenvalue weighted by atomic mass is 32.2. The minimum absolute atomic E-state index is 0.214. The number of anilines is 1. The molecule has 1 aliphatic rings. The predicted molar refractivity (Wildman–Crippen MR) is 146 cm³/mol. The van der Waals surface area contributed by atoms with Gasteiger partial charge < -0.3 is 10.6 Å². The Morgan fingerprint density at radius 1 is 1.08 bits per heavy atom. The number of amides is 1.